The van der Waals surface area contributed by atoms with Gasteiger partial charge in [-0.1, -0.05) is 6.42 Å². The third-order valence-corrected chi connectivity index (χ3v) is 4.68. The predicted molar refractivity (Wildman–Crippen MR) is 102 cm³/mol. The van der Waals surface area contributed by atoms with Gasteiger partial charge in [0, 0.05) is 40.3 Å². The molecule has 1 aromatic rings. The van der Waals surface area contributed by atoms with Crippen molar-refractivity contribution in [3.05, 3.63) is 12.0 Å². The van der Waals surface area contributed by atoms with Gasteiger partial charge in [0.1, 0.15) is 0 Å². The van der Waals surface area contributed by atoms with Crippen LogP contribution in [0.4, 0.5) is 16.2 Å². The number of anilines is 2. The first-order valence-corrected chi connectivity index (χ1v) is 9.41. The van der Waals surface area contributed by atoms with E-state index in [0.717, 1.165) is 45.8 Å². The lowest BCUT2D eigenvalue weighted by Gasteiger charge is -2.31. The van der Waals surface area contributed by atoms with Gasteiger partial charge in [-0.05, 0) is 32.4 Å². The first-order valence-electron chi connectivity index (χ1n) is 9.41. The summed E-state index contributed by atoms with van der Waals surface area (Å²) in [6.45, 7) is 5.40. The zero-order chi connectivity index (χ0) is 19.6. The lowest BCUT2D eigenvalue weighted by molar-refractivity contribution is -0.122. The Morgan fingerprint density at radius 3 is 2.67 bits per heavy atom. The van der Waals surface area contributed by atoms with Crippen LogP contribution in [0.25, 0.3) is 0 Å². The molecule has 1 atom stereocenters. The molecule has 0 saturated carbocycles. The number of likely N-dealkylation sites (tertiary alicyclic amines) is 1. The quantitative estimate of drug-likeness (QED) is 0.783. The van der Waals surface area contributed by atoms with Crippen molar-refractivity contribution in [2.75, 3.05) is 63.2 Å². The van der Waals surface area contributed by atoms with Gasteiger partial charge in [0.15, 0.2) is 11.6 Å². The molecule has 0 bridgehead atoms. The van der Waals surface area contributed by atoms with Crippen LogP contribution in [0.2, 0.25) is 0 Å². The highest BCUT2D eigenvalue weighted by molar-refractivity contribution is 5.43. The van der Waals surface area contributed by atoms with Gasteiger partial charge in [0.2, 0.25) is 5.95 Å². The van der Waals surface area contributed by atoms with E-state index in [9.17, 15) is 4.39 Å². The molecule has 3 heterocycles. The number of nitrogens with zero attached hydrogens (tertiary/aromatic N) is 5. The minimum Gasteiger partial charge on any atom is -0.483 e. The maximum atomic E-state index is 13.8. The monoisotopic (exact) mass is 383 g/mol. The van der Waals surface area contributed by atoms with Crippen LogP contribution in [0.5, 0.6) is 0 Å². The molecule has 0 spiro atoms. The van der Waals surface area contributed by atoms with E-state index in [0.29, 0.717) is 11.8 Å². The van der Waals surface area contributed by atoms with E-state index < -0.39 is 0 Å². The summed E-state index contributed by atoms with van der Waals surface area (Å²) < 4.78 is 19.9. The molecule has 0 aromatic carbocycles. The highest BCUT2D eigenvalue weighted by Gasteiger charge is 2.24. The van der Waals surface area contributed by atoms with E-state index in [1.54, 1.807) is 19.0 Å². The number of rotatable bonds is 4. The summed E-state index contributed by atoms with van der Waals surface area (Å²) in [6.07, 6.45) is 6.26. The van der Waals surface area contributed by atoms with Crippen molar-refractivity contribution in [3.63, 3.8) is 0 Å². The second kappa shape index (κ2) is 11.0. The summed E-state index contributed by atoms with van der Waals surface area (Å²) in [5, 5.41) is 6.89. The zero-order valence-electron chi connectivity index (χ0n) is 16.2. The maximum absolute atomic E-state index is 13.8. The number of piperidine rings is 1. The Hall–Kier alpha value is -2.00. The smallest absolute Gasteiger partial charge is 0.290 e. The highest BCUT2D eigenvalue weighted by Crippen LogP contribution is 2.20. The SMILES string of the molecule is CN(C)c1nc(N2CCCOC(CN3CCCCC3)C2)ncc1F.O=CO. The molecule has 152 valence electrons. The number of halogens is 1. The van der Waals surface area contributed by atoms with Crippen LogP contribution in [0.15, 0.2) is 6.20 Å². The standard InChI is InChI=1S/C17H28FN5O.CH2O2/c1-21(2)16-15(18)11-19-17(20-16)23-9-6-10-24-14(13-23)12-22-7-4-3-5-8-22;2-1-3/h11,14H,3-10,12-13H2,1-2H3;1H,(H,2,3). The summed E-state index contributed by atoms with van der Waals surface area (Å²) in [5.74, 6) is 0.534. The van der Waals surface area contributed by atoms with Crippen molar-refractivity contribution < 1.29 is 19.0 Å². The Morgan fingerprint density at radius 2 is 2.00 bits per heavy atom. The fourth-order valence-corrected chi connectivity index (χ4v) is 3.43. The van der Waals surface area contributed by atoms with E-state index in [4.69, 9.17) is 14.6 Å². The topological polar surface area (TPSA) is 82.0 Å². The molecule has 9 heteroatoms. The highest BCUT2D eigenvalue weighted by atomic mass is 19.1. The van der Waals surface area contributed by atoms with Crippen LogP contribution in [-0.2, 0) is 9.53 Å². The lowest BCUT2D eigenvalue weighted by atomic mass is 10.1. The average Bonchev–Trinajstić information content (AvgIpc) is 2.89. The van der Waals surface area contributed by atoms with Gasteiger partial charge < -0.3 is 24.5 Å². The Morgan fingerprint density at radius 1 is 1.30 bits per heavy atom. The Kier molecular flexibility index (Phi) is 8.66. The normalized spacial score (nSPS) is 21.0. The molecule has 1 unspecified atom stereocenters. The molecule has 27 heavy (non-hydrogen) atoms. The van der Waals surface area contributed by atoms with Crippen LogP contribution in [-0.4, -0.2) is 86.0 Å². The molecule has 3 rings (SSSR count). The van der Waals surface area contributed by atoms with Gasteiger partial charge in [0.25, 0.3) is 6.47 Å². The molecule has 1 N–H and O–H groups in total. The molecule has 0 aliphatic carbocycles. The molecule has 1 aromatic heterocycles. The van der Waals surface area contributed by atoms with Crippen LogP contribution in [0.3, 0.4) is 0 Å². The van der Waals surface area contributed by atoms with Crippen molar-refractivity contribution in [2.24, 2.45) is 0 Å². The van der Waals surface area contributed by atoms with Gasteiger partial charge in [-0.25, -0.2) is 9.37 Å². The summed E-state index contributed by atoms with van der Waals surface area (Å²) in [4.78, 5) is 23.3. The summed E-state index contributed by atoms with van der Waals surface area (Å²) >= 11 is 0. The second-order valence-electron chi connectivity index (χ2n) is 7.00. The van der Waals surface area contributed by atoms with E-state index >= 15 is 0 Å². The zero-order valence-corrected chi connectivity index (χ0v) is 16.2. The van der Waals surface area contributed by atoms with Crippen molar-refractivity contribution >= 4 is 18.2 Å². The van der Waals surface area contributed by atoms with Crippen LogP contribution >= 0.6 is 0 Å². The van der Waals surface area contributed by atoms with Gasteiger partial charge >= 0.3 is 0 Å². The maximum Gasteiger partial charge on any atom is 0.290 e. The van der Waals surface area contributed by atoms with Crippen molar-refractivity contribution in [1.29, 1.82) is 0 Å². The van der Waals surface area contributed by atoms with Crippen LogP contribution in [0, 0.1) is 5.82 Å². The van der Waals surface area contributed by atoms with Crippen molar-refractivity contribution in [1.82, 2.24) is 14.9 Å². The van der Waals surface area contributed by atoms with E-state index in [1.165, 1.54) is 25.5 Å². The van der Waals surface area contributed by atoms with E-state index in [-0.39, 0.29) is 18.4 Å². The molecule has 0 radical (unpaired) electrons. The largest absolute Gasteiger partial charge is 0.483 e. The lowest BCUT2D eigenvalue weighted by Crippen LogP contribution is -2.42. The molecular formula is C18H30FN5O3. The minimum atomic E-state index is -0.389. The molecular weight excluding hydrogens is 353 g/mol. The second-order valence-corrected chi connectivity index (χ2v) is 7.00. The number of ether oxygens (including phenoxy) is 1. The van der Waals surface area contributed by atoms with Gasteiger partial charge in [-0.3, -0.25) is 4.79 Å². The fourth-order valence-electron chi connectivity index (χ4n) is 3.43. The Labute approximate surface area is 159 Å². The fraction of sp³-hybridized carbons (Fsp3) is 0.722. The number of carboxylic acid groups (broad SMARTS) is 1. The Bertz CT molecular complexity index is 584. The summed E-state index contributed by atoms with van der Waals surface area (Å²) in [6, 6.07) is 0. The number of carbonyl (C=O) groups is 1. The molecule has 2 aliphatic heterocycles. The van der Waals surface area contributed by atoms with Crippen molar-refractivity contribution in [3.8, 4) is 0 Å². The molecule has 0 amide bonds. The number of aromatic nitrogens is 2. The van der Waals surface area contributed by atoms with Crippen LogP contribution in [0.1, 0.15) is 25.7 Å². The number of hydrogen-bond acceptors (Lipinski definition) is 7. The minimum absolute atomic E-state index is 0.155. The summed E-state index contributed by atoms with van der Waals surface area (Å²) in [5.41, 5.74) is 0. The molecule has 8 nitrogen and oxygen atoms in total. The first kappa shape index (κ1) is 21.3. The van der Waals surface area contributed by atoms with E-state index in [2.05, 4.69) is 19.8 Å². The van der Waals surface area contributed by atoms with Gasteiger partial charge in [-0.15, -0.1) is 0 Å². The predicted octanol–water partition coefficient (Wildman–Crippen LogP) is 1.46. The third kappa shape index (κ3) is 6.59. The number of hydrogen-bond donors (Lipinski definition) is 1. The first-order chi connectivity index (χ1) is 13.0. The third-order valence-electron chi connectivity index (χ3n) is 4.68. The average molecular weight is 383 g/mol. The van der Waals surface area contributed by atoms with Gasteiger partial charge in [-0.2, -0.15) is 4.98 Å². The molecule has 2 aliphatic rings. The summed E-state index contributed by atoms with van der Waals surface area (Å²) in [7, 11) is 3.58. The van der Waals surface area contributed by atoms with Crippen molar-refractivity contribution in [2.45, 2.75) is 31.8 Å². The van der Waals surface area contributed by atoms with Gasteiger partial charge in [0.05, 0.1) is 12.3 Å². The Balaban J connectivity index is 0.000000817. The van der Waals surface area contributed by atoms with E-state index in [1.807, 2.05) is 0 Å². The molecule has 2 saturated heterocycles. The molecule has 2 fully saturated rings. The van der Waals surface area contributed by atoms with Crippen LogP contribution < -0.4 is 9.80 Å².